The summed E-state index contributed by atoms with van der Waals surface area (Å²) in [5.74, 6) is 1.70. The van der Waals surface area contributed by atoms with Crippen molar-refractivity contribution in [1.29, 1.82) is 0 Å². The second-order valence-corrected chi connectivity index (χ2v) is 6.31. The van der Waals surface area contributed by atoms with E-state index in [1.807, 2.05) is 6.07 Å². The highest BCUT2D eigenvalue weighted by Crippen LogP contribution is 2.25. The number of likely N-dealkylation sites (tertiary alicyclic amines) is 1. The SMILES string of the molecule is COc1cc(CN2CCCC(Nc3ccccc3)C2)cc(OC)c1. The molecular weight excluding hydrogens is 300 g/mol. The predicted molar refractivity (Wildman–Crippen MR) is 97.9 cm³/mol. The monoisotopic (exact) mass is 326 g/mol. The first kappa shape index (κ1) is 16.7. The maximum absolute atomic E-state index is 5.38. The molecule has 2 aromatic carbocycles. The normalized spacial score (nSPS) is 18.2. The van der Waals surface area contributed by atoms with Gasteiger partial charge in [0.1, 0.15) is 11.5 Å². The van der Waals surface area contributed by atoms with Gasteiger partial charge in [-0.2, -0.15) is 0 Å². The number of hydrogen-bond acceptors (Lipinski definition) is 4. The van der Waals surface area contributed by atoms with E-state index in [-0.39, 0.29) is 0 Å². The molecule has 0 amide bonds. The zero-order valence-electron chi connectivity index (χ0n) is 14.5. The molecule has 4 nitrogen and oxygen atoms in total. The lowest BCUT2D eigenvalue weighted by atomic mass is 10.0. The Bertz CT molecular complexity index is 623. The second-order valence-electron chi connectivity index (χ2n) is 6.31. The molecule has 0 radical (unpaired) electrons. The van der Waals surface area contributed by atoms with Crippen LogP contribution in [0.5, 0.6) is 11.5 Å². The number of para-hydroxylation sites is 1. The minimum absolute atomic E-state index is 0.494. The lowest BCUT2D eigenvalue weighted by Crippen LogP contribution is -2.41. The van der Waals surface area contributed by atoms with Crippen LogP contribution in [0, 0.1) is 0 Å². The molecule has 1 unspecified atom stereocenters. The van der Waals surface area contributed by atoms with Gasteiger partial charge in [0.05, 0.1) is 14.2 Å². The van der Waals surface area contributed by atoms with E-state index in [4.69, 9.17) is 9.47 Å². The third-order valence-corrected chi connectivity index (χ3v) is 4.47. The summed E-state index contributed by atoms with van der Waals surface area (Å²) in [7, 11) is 3.39. The van der Waals surface area contributed by atoms with Crippen molar-refractivity contribution in [2.24, 2.45) is 0 Å². The molecule has 1 N–H and O–H groups in total. The lowest BCUT2D eigenvalue weighted by molar-refractivity contribution is 0.208. The van der Waals surface area contributed by atoms with Crippen molar-refractivity contribution in [1.82, 2.24) is 4.90 Å². The van der Waals surface area contributed by atoms with E-state index in [0.29, 0.717) is 6.04 Å². The first-order valence-corrected chi connectivity index (χ1v) is 8.52. The fourth-order valence-corrected chi connectivity index (χ4v) is 3.30. The van der Waals surface area contributed by atoms with Crippen LogP contribution in [0.25, 0.3) is 0 Å². The van der Waals surface area contributed by atoms with Gasteiger partial charge >= 0.3 is 0 Å². The number of hydrogen-bond donors (Lipinski definition) is 1. The summed E-state index contributed by atoms with van der Waals surface area (Å²) in [6.07, 6.45) is 2.43. The minimum atomic E-state index is 0.494. The Morgan fingerprint density at radius 2 is 1.75 bits per heavy atom. The van der Waals surface area contributed by atoms with Gasteiger partial charge in [-0.1, -0.05) is 18.2 Å². The Labute approximate surface area is 144 Å². The second kappa shape index (κ2) is 8.06. The molecule has 128 valence electrons. The molecule has 1 heterocycles. The number of benzene rings is 2. The van der Waals surface area contributed by atoms with Crippen LogP contribution >= 0.6 is 0 Å². The summed E-state index contributed by atoms with van der Waals surface area (Å²) >= 11 is 0. The molecule has 1 fully saturated rings. The number of anilines is 1. The highest BCUT2D eigenvalue weighted by Gasteiger charge is 2.20. The van der Waals surface area contributed by atoms with Crippen LogP contribution in [-0.4, -0.2) is 38.3 Å². The van der Waals surface area contributed by atoms with Gasteiger partial charge in [-0.3, -0.25) is 4.90 Å². The Hall–Kier alpha value is -2.20. The van der Waals surface area contributed by atoms with Crippen molar-refractivity contribution in [3.63, 3.8) is 0 Å². The van der Waals surface area contributed by atoms with E-state index in [0.717, 1.165) is 31.1 Å². The smallest absolute Gasteiger partial charge is 0.122 e. The van der Waals surface area contributed by atoms with Crippen LogP contribution in [0.3, 0.4) is 0 Å². The van der Waals surface area contributed by atoms with Gasteiger partial charge in [0.15, 0.2) is 0 Å². The Kier molecular flexibility index (Phi) is 5.59. The molecule has 24 heavy (non-hydrogen) atoms. The van der Waals surface area contributed by atoms with Crippen molar-refractivity contribution in [3.8, 4) is 11.5 Å². The van der Waals surface area contributed by atoms with Gasteiger partial charge in [0.2, 0.25) is 0 Å². The third-order valence-electron chi connectivity index (χ3n) is 4.47. The molecule has 0 saturated carbocycles. The fourth-order valence-electron chi connectivity index (χ4n) is 3.30. The lowest BCUT2D eigenvalue weighted by Gasteiger charge is -2.33. The standard InChI is InChI=1S/C20H26N2O2/c1-23-19-11-16(12-20(13-19)24-2)14-22-10-6-9-18(15-22)21-17-7-4-3-5-8-17/h3-5,7-8,11-13,18,21H,6,9-10,14-15H2,1-2H3. The van der Waals surface area contributed by atoms with E-state index in [1.54, 1.807) is 14.2 Å². The molecule has 1 aliphatic heterocycles. The van der Waals surface area contributed by atoms with Crippen molar-refractivity contribution >= 4 is 5.69 Å². The van der Waals surface area contributed by atoms with Gasteiger partial charge in [0, 0.05) is 30.9 Å². The van der Waals surface area contributed by atoms with E-state index >= 15 is 0 Å². The molecule has 4 heteroatoms. The van der Waals surface area contributed by atoms with Crippen LogP contribution in [0.2, 0.25) is 0 Å². The third kappa shape index (κ3) is 4.42. The van der Waals surface area contributed by atoms with E-state index in [2.05, 4.69) is 52.7 Å². The van der Waals surface area contributed by atoms with E-state index in [1.165, 1.54) is 24.1 Å². The molecule has 3 rings (SSSR count). The molecular formula is C20H26N2O2. The van der Waals surface area contributed by atoms with Gasteiger partial charge in [-0.25, -0.2) is 0 Å². The average Bonchev–Trinajstić information content (AvgIpc) is 2.62. The van der Waals surface area contributed by atoms with Crippen molar-refractivity contribution < 1.29 is 9.47 Å². The quantitative estimate of drug-likeness (QED) is 0.876. The molecule has 0 aliphatic carbocycles. The van der Waals surface area contributed by atoms with Gasteiger partial charge in [-0.15, -0.1) is 0 Å². The number of nitrogens with one attached hydrogen (secondary N) is 1. The van der Waals surface area contributed by atoms with Crippen molar-refractivity contribution in [2.45, 2.75) is 25.4 Å². The van der Waals surface area contributed by atoms with Crippen LogP contribution in [0.1, 0.15) is 18.4 Å². The number of ether oxygens (including phenoxy) is 2. The predicted octanol–water partition coefficient (Wildman–Crippen LogP) is 3.78. The van der Waals surface area contributed by atoms with Crippen LogP contribution < -0.4 is 14.8 Å². The van der Waals surface area contributed by atoms with Gasteiger partial charge in [-0.05, 0) is 49.2 Å². The van der Waals surface area contributed by atoms with Crippen LogP contribution in [-0.2, 0) is 6.54 Å². The minimum Gasteiger partial charge on any atom is -0.497 e. The summed E-state index contributed by atoms with van der Waals surface area (Å²) in [6.45, 7) is 3.10. The fraction of sp³-hybridized carbons (Fsp3) is 0.400. The van der Waals surface area contributed by atoms with Gasteiger partial charge in [0.25, 0.3) is 0 Å². The molecule has 1 aliphatic rings. The van der Waals surface area contributed by atoms with Crippen LogP contribution in [0.15, 0.2) is 48.5 Å². The topological polar surface area (TPSA) is 33.7 Å². The number of rotatable bonds is 6. The number of nitrogens with zero attached hydrogens (tertiary/aromatic N) is 1. The zero-order valence-corrected chi connectivity index (χ0v) is 14.5. The highest BCUT2D eigenvalue weighted by atomic mass is 16.5. The van der Waals surface area contributed by atoms with Crippen molar-refractivity contribution in [2.75, 3.05) is 32.6 Å². The zero-order chi connectivity index (χ0) is 16.8. The number of methoxy groups -OCH3 is 2. The summed E-state index contributed by atoms with van der Waals surface area (Å²) in [4.78, 5) is 2.50. The summed E-state index contributed by atoms with van der Waals surface area (Å²) < 4.78 is 10.8. The largest absolute Gasteiger partial charge is 0.497 e. The summed E-state index contributed by atoms with van der Waals surface area (Å²) in [6, 6.07) is 17.1. The first-order chi connectivity index (χ1) is 11.8. The summed E-state index contributed by atoms with van der Waals surface area (Å²) in [5.41, 5.74) is 2.43. The van der Waals surface area contributed by atoms with E-state index < -0.39 is 0 Å². The maximum atomic E-state index is 5.38. The summed E-state index contributed by atoms with van der Waals surface area (Å²) in [5, 5.41) is 3.65. The maximum Gasteiger partial charge on any atom is 0.122 e. The van der Waals surface area contributed by atoms with Gasteiger partial charge < -0.3 is 14.8 Å². The molecule has 0 bridgehead atoms. The molecule has 0 aromatic heterocycles. The van der Waals surface area contributed by atoms with Crippen molar-refractivity contribution in [3.05, 3.63) is 54.1 Å². The molecule has 0 spiro atoms. The van der Waals surface area contributed by atoms with Crippen LogP contribution in [0.4, 0.5) is 5.69 Å². The number of piperidine rings is 1. The first-order valence-electron chi connectivity index (χ1n) is 8.52. The Morgan fingerprint density at radius 1 is 1.04 bits per heavy atom. The Morgan fingerprint density at radius 3 is 2.42 bits per heavy atom. The van der Waals surface area contributed by atoms with E-state index in [9.17, 15) is 0 Å². The highest BCUT2D eigenvalue weighted by molar-refractivity contribution is 5.43. The molecule has 1 saturated heterocycles. The molecule has 1 atom stereocenters. The Balaban J connectivity index is 1.63. The molecule has 2 aromatic rings. The average molecular weight is 326 g/mol.